The molecule has 0 spiro atoms. The van der Waals surface area contributed by atoms with Crippen molar-refractivity contribution in [3.8, 4) is 5.75 Å². The fourth-order valence-corrected chi connectivity index (χ4v) is 4.17. The molecule has 0 bridgehead atoms. The summed E-state index contributed by atoms with van der Waals surface area (Å²) in [6, 6.07) is 14.2. The van der Waals surface area contributed by atoms with E-state index in [0.29, 0.717) is 18.2 Å². The number of hydrogen-bond donors (Lipinski definition) is 0. The predicted molar refractivity (Wildman–Crippen MR) is 129 cm³/mol. The zero-order valence-electron chi connectivity index (χ0n) is 20.4. The van der Waals surface area contributed by atoms with Gasteiger partial charge in [-0.1, -0.05) is 35.9 Å². The molecule has 0 saturated heterocycles. The van der Waals surface area contributed by atoms with Crippen LogP contribution >= 0.6 is 0 Å². The lowest BCUT2D eigenvalue weighted by Gasteiger charge is -2.37. The van der Waals surface area contributed by atoms with Gasteiger partial charge in [0.25, 0.3) is 5.91 Å². The Hall–Kier alpha value is -3.61. The van der Waals surface area contributed by atoms with Gasteiger partial charge in [0.1, 0.15) is 12.0 Å². The SMILES string of the molecule is CC(=O)N1CCc2ccc(OCc3nc(C(=O)N(C)C(C)C)co3)cc2C1c1ccc(C)cc1. The number of oxazole rings is 1. The topological polar surface area (TPSA) is 75.9 Å². The summed E-state index contributed by atoms with van der Waals surface area (Å²) in [6.45, 7) is 8.33. The highest BCUT2D eigenvalue weighted by molar-refractivity contribution is 5.91. The molecule has 1 aliphatic rings. The minimum absolute atomic E-state index is 0.0471. The Bertz CT molecular complexity index is 1180. The monoisotopic (exact) mass is 461 g/mol. The molecule has 1 aliphatic heterocycles. The van der Waals surface area contributed by atoms with Crippen molar-refractivity contribution in [1.82, 2.24) is 14.8 Å². The number of carbonyl (C=O) groups is 2. The first-order valence-electron chi connectivity index (χ1n) is 11.6. The predicted octanol–water partition coefficient (Wildman–Crippen LogP) is 4.54. The molecule has 1 unspecified atom stereocenters. The third kappa shape index (κ3) is 4.83. The first-order valence-corrected chi connectivity index (χ1v) is 11.6. The van der Waals surface area contributed by atoms with E-state index in [1.807, 2.05) is 30.9 Å². The van der Waals surface area contributed by atoms with Crippen molar-refractivity contribution in [2.24, 2.45) is 0 Å². The van der Waals surface area contributed by atoms with Crippen molar-refractivity contribution >= 4 is 11.8 Å². The smallest absolute Gasteiger partial charge is 0.275 e. The van der Waals surface area contributed by atoms with Gasteiger partial charge in [0.05, 0.1) is 6.04 Å². The van der Waals surface area contributed by atoms with Gasteiger partial charge in [-0.05, 0) is 56.0 Å². The molecular weight excluding hydrogens is 430 g/mol. The molecule has 4 rings (SSSR count). The highest BCUT2D eigenvalue weighted by Crippen LogP contribution is 2.37. The second kappa shape index (κ2) is 9.71. The van der Waals surface area contributed by atoms with Gasteiger partial charge < -0.3 is 19.0 Å². The molecule has 3 aromatic rings. The molecule has 7 heteroatoms. The number of hydrogen-bond acceptors (Lipinski definition) is 5. The number of fused-ring (bicyclic) bond motifs is 1. The van der Waals surface area contributed by atoms with Crippen LogP contribution in [0.2, 0.25) is 0 Å². The van der Waals surface area contributed by atoms with Crippen LogP contribution in [-0.4, -0.2) is 46.2 Å². The molecule has 0 aliphatic carbocycles. The first-order chi connectivity index (χ1) is 16.2. The fourth-order valence-electron chi connectivity index (χ4n) is 4.17. The molecule has 34 heavy (non-hydrogen) atoms. The van der Waals surface area contributed by atoms with Gasteiger partial charge in [-0.3, -0.25) is 9.59 Å². The lowest BCUT2D eigenvalue weighted by atomic mass is 9.87. The van der Waals surface area contributed by atoms with Gasteiger partial charge in [0.2, 0.25) is 11.8 Å². The van der Waals surface area contributed by atoms with Crippen LogP contribution in [0.3, 0.4) is 0 Å². The summed E-state index contributed by atoms with van der Waals surface area (Å²) in [5.41, 5.74) is 4.77. The molecule has 0 N–H and O–H groups in total. The van der Waals surface area contributed by atoms with E-state index in [2.05, 4.69) is 42.2 Å². The van der Waals surface area contributed by atoms with Gasteiger partial charge in [0, 0.05) is 26.6 Å². The molecule has 178 valence electrons. The molecule has 2 amide bonds. The summed E-state index contributed by atoms with van der Waals surface area (Å²) in [4.78, 5) is 32.7. The van der Waals surface area contributed by atoms with Gasteiger partial charge in [-0.15, -0.1) is 0 Å². The van der Waals surface area contributed by atoms with Crippen molar-refractivity contribution in [2.45, 2.75) is 52.8 Å². The van der Waals surface area contributed by atoms with Crippen molar-refractivity contribution in [1.29, 1.82) is 0 Å². The van der Waals surface area contributed by atoms with E-state index in [9.17, 15) is 9.59 Å². The van der Waals surface area contributed by atoms with Crippen LogP contribution in [0.4, 0.5) is 0 Å². The van der Waals surface area contributed by atoms with E-state index in [1.165, 1.54) is 17.4 Å². The molecule has 0 saturated carbocycles. The Morgan fingerprint density at radius 1 is 1.21 bits per heavy atom. The normalized spacial score (nSPS) is 15.2. The standard InChI is InChI=1S/C27H31N3O4/c1-17(2)29(5)27(32)24-15-34-25(28-24)16-33-22-11-10-20-12-13-30(19(4)31)26(23(20)14-22)21-8-6-18(3)7-9-21/h6-11,14-15,17,26H,12-13,16H2,1-5H3. The molecule has 0 radical (unpaired) electrons. The summed E-state index contributed by atoms with van der Waals surface area (Å²) in [5, 5.41) is 0. The van der Waals surface area contributed by atoms with E-state index in [0.717, 1.165) is 17.5 Å². The molecule has 1 atom stereocenters. The molecular formula is C27H31N3O4. The Balaban J connectivity index is 1.55. The lowest BCUT2D eigenvalue weighted by molar-refractivity contribution is -0.130. The van der Waals surface area contributed by atoms with E-state index in [1.54, 1.807) is 18.9 Å². The quantitative estimate of drug-likeness (QED) is 0.539. The largest absolute Gasteiger partial charge is 0.484 e. The molecule has 2 heterocycles. The summed E-state index contributed by atoms with van der Waals surface area (Å²) >= 11 is 0. The van der Waals surface area contributed by atoms with Gasteiger partial charge in [0.15, 0.2) is 12.3 Å². The Kier molecular flexibility index (Phi) is 6.72. The average molecular weight is 462 g/mol. The van der Waals surface area contributed by atoms with Crippen LogP contribution in [0.25, 0.3) is 0 Å². The van der Waals surface area contributed by atoms with Crippen LogP contribution < -0.4 is 4.74 Å². The second-order valence-electron chi connectivity index (χ2n) is 9.06. The van der Waals surface area contributed by atoms with Gasteiger partial charge in [-0.2, -0.15) is 0 Å². The minimum Gasteiger partial charge on any atom is -0.484 e. The van der Waals surface area contributed by atoms with Crippen molar-refractivity contribution in [2.75, 3.05) is 13.6 Å². The number of carbonyl (C=O) groups excluding carboxylic acids is 2. The number of aryl methyl sites for hydroxylation is 1. The Morgan fingerprint density at radius 2 is 1.94 bits per heavy atom. The zero-order valence-corrected chi connectivity index (χ0v) is 20.4. The number of rotatable bonds is 6. The van der Waals surface area contributed by atoms with Gasteiger partial charge >= 0.3 is 0 Å². The molecule has 2 aromatic carbocycles. The van der Waals surface area contributed by atoms with Crippen LogP contribution in [0.15, 0.2) is 53.1 Å². The van der Waals surface area contributed by atoms with Crippen LogP contribution in [0, 0.1) is 6.92 Å². The summed E-state index contributed by atoms with van der Waals surface area (Å²) in [5.74, 6) is 0.847. The van der Waals surface area contributed by atoms with E-state index in [4.69, 9.17) is 9.15 Å². The van der Waals surface area contributed by atoms with Crippen molar-refractivity contribution < 1.29 is 18.7 Å². The number of aromatic nitrogens is 1. The molecule has 1 aromatic heterocycles. The summed E-state index contributed by atoms with van der Waals surface area (Å²) in [7, 11) is 1.74. The first kappa shape index (κ1) is 23.5. The highest BCUT2D eigenvalue weighted by atomic mass is 16.5. The Morgan fingerprint density at radius 3 is 2.62 bits per heavy atom. The maximum absolute atomic E-state index is 12.4. The Labute approximate surface area is 200 Å². The van der Waals surface area contributed by atoms with Crippen LogP contribution in [-0.2, 0) is 17.8 Å². The van der Waals surface area contributed by atoms with Crippen LogP contribution in [0.5, 0.6) is 5.75 Å². The van der Waals surface area contributed by atoms with E-state index < -0.39 is 0 Å². The van der Waals surface area contributed by atoms with Crippen molar-refractivity contribution in [3.63, 3.8) is 0 Å². The number of nitrogens with zero attached hydrogens (tertiary/aromatic N) is 3. The number of benzene rings is 2. The molecule has 7 nitrogen and oxygen atoms in total. The minimum atomic E-state index is -0.191. The zero-order chi connectivity index (χ0) is 24.4. The maximum atomic E-state index is 12.4. The summed E-state index contributed by atoms with van der Waals surface area (Å²) < 4.78 is 11.4. The molecule has 0 fully saturated rings. The average Bonchev–Trinajstić information content (AvgIpc) is 3.30. The van der Waals surface area contributed by atoms with Crippen molar-refractivity contribution in [3.05, 3.63) is 82.6 Å². The third-order valence-corrected chi connectivity index (χ3v) is 6.37. The maximum Gasteiger partial charge on any atom is 0.275 e. The second-order valence-corrected chi connectivity index (χ2v) is 9.06. The van der Waals surface area contributed by atoms with Crippen LogP contribution in [0.1, 0.15) is 65.4 Å². The lowest BCUT2D eigenvalue weighted by Crippen LogP contribution is -2.39. The van der Waals surface area contributed by atoms with Gasteiger partial charge in [-0.25, -0.2) is 4.98 Å². The highest BCUT2D eigenvalue weighted by Gasteiger charge is 2.31. The third-order valence-electron chi connectivity index (χ3n) is 6.37. The van der Waals surface area contributed by atoms with E-state index >= 15 is 0 Å². The summed E-state index contributed by atoms with van der Waals surface area (Å²) in [6.07, 6.45) is 2.16. The number of amides is 2. The van der Waals surface area contributed by atoms with E-state index in [-0.39, 0.29) is 36.2 Å². The fraction of sp³-hybridized carbons (Fsp3) is 0.370. The number of ether oxygens (including phenoxy) is 1.